The molecule has 0 heterocycles. The number of amides is 2. The molecule has 5 aromatic carbocycles. The molecule has 4 nitrogen and oxygen atoms in total. The molecule has 5 aromatic rings. The minimum Gasteiger partial charge on any atom is -0.325 e. The predicted molar refractivity (Wildman–Crippen MR) is 151 cm³/mol. The second-order valence-corrected chi connectivity index (χ2v) is 9.85. The van der Waals surface area contributed by atoms with Crippen LogP contribution in [0.4, 0.5) is 11.4 Å². The predicted octanol–water partition coefficient (Wildman–Crippen LogP) is 7.75. The first-order chi connectivity index (χ1) is 17.6. The first-order valence-electron chi connectivity index (χ1n) is 12.0. The van der Waals surface area contributed by atoms with Gasteiger partial charge in [0.2, 0.25) is 5.91 Å². The van der Waals surface area contributed by atoms with Crippen LogP contribution >= 0.6 is 11.8 Å². The van der Waals surface area contributed by atoms with Gasteiger partial charge in [-0.3, -0.25) is 9.59 Å². The Balaban J connectivity index is 1.28. The van der Waals surface area contributed by atoms with Crippen molar-refractivity contribution in [3.8, 4) is 0 Å². The lowest BCUT2D eigenvalue weighted by atomic mass is 10.1. The molecule has 0 aliphatic rings. The summed E-state index contributed by atoms with van der Waals surface area (Å²) in [4.78, 5) is 27.0. The molecule has 178 valence electrons. The quantitative estimate of drug-likeness (QED) is 0.229. The Morgan fingerprint density at radius 1 is 0.722 bits per heavy atom. The van der Waals surface area contributed by atoms with Gasteiger partial charge in [0, 0.05) is 27.2 Å². The topological polar surface area (TPSA) is 58.2 Å². The summed E-state index contributed by atoms with van der Waals surface area (Å²) in [7, 11) is 0. The van der Waals surface area contributed by atoms with Gasteiger partial charge in [0.1, 0.15) is 0 Å². The fourth-order valence-corrected chi connectivity index (χ4v) is 5.23. The van der Waals surface area contributed by atoms with Crippen LogP contribution in [0.5, 0.6) is 0 Å². The van der Waals surface area contributed by atoms with E-state index < -0.39 is 0 Å². The average molecular weight is 491 g/mol. The number of hydrogen-bond acceptors (Lipinski definition) is 3. The van der Waals surface area contributed by atoms with Crippen molar-refractivity contribution >= 4 is 56.5 Å². The zero-order chi connectivity index (χ0) is 24.9. The van der Waals surface area contributed by atoms with Crippen LogP contribution in [0.3, 0.4) is 0 Å². The summed E-state index contributed by atoms with van der Waals surface area (Å²) in [6.07, 6.45) is 0.676. The summed E-state index contributed by atoms with van der Waals surface area (Å²) in [5.41, 5.74) is 2.11. The van der Waals surface area contributed by atoms with Gasteiger partial charge in [-0.15, -0.1) is 11.8 Å². The van der Waals surface area contributed by atoms with Crippen LogP contribution in [0.25, 0.3) is 21.5 Å². The number of hydrogen-bond donors (Lipinski definition) is 2. The van der Waals surface area contributed by atoms with E-state index >= 15 is 0 Å². The number of nitrogens with one attached hydrogen (secondary N) is 2. The lowest BCUT2D eigenvalue weighted by molar-refractivity contribution is -0.115. The first-order valence-corrected chi connectivity index (χ1v) is 12.8. The Kier molecular flexibility index (Phi) is 7.01. The van der Waals surface area contributed by atoms with E-state index in [1.54, 1.807) is 0 Å². The molecule has 0 bridgehead atoms. The first kappa shape index (κ1) is 23.6. The highest BCUT2D eigenvalue weighted by Gasteiger charge is 2.19. The van der Waals surface area contributed by atoms with Crippen molar-refractivity contribution in [1.29, 1.82) is 0 Å². The molecule has 0 fully saturated rings. The smallest absolute Gasteiger partial charge is 0.255 e. The number of thioether (sulfide) groups is 1. The fraction of sp³-hybridized carbons (Fsp3) is 0.0968. The average Bonchev–Trinajstić information content (AvgIpc) is 2.91. The van der Waals surface area contributed by atoms with Crippen LogP contribution in [-0.2, 0) is 4.79 Å². The molecule has 36 heavy (non-hydrogen) atoms. The Bertz CT molecular complexity index is 1560. The van der Waals surface area contributed by atoms with Crippen LogP contribution in [0.2, 0.25) is 0 Å². The van der Waals surface area contributed by atoms with Gasteiger partial charge < -0.3 is 10.6 Å². The maximum absolute atomic E-state index is 13.1. The minimum atomic E-state index is -0.268. The SMILES string of the molecule is CCC(Sc1cccc(NC(=O)c2ccc3ccccc3c2)c1)C(=O)Nc1cccc2ccccc12. The molecule has 2 N–H and O–H groups in total. The molecule has 2 amide bonds. The number of carbonyl (C=O) groups excluding carboxylic acids is 2. The third-order valence-electron chi connectivity index (χ3n) is 6.09. The Morgan fingerprint density at radius 3 is 2.28 bits per heavy atom. The third-order valence-corrected chi connectivity index (χ3v) is 7.45. The van der Waals surface area contributed by atoms with Gasteiger partial charge in [-0.1, -0.05) is 79.7 Å². The maximum Gasteiger partial charge on any atom is 0.255 e. The van der Waals surface area contributed by atoms with Crippen LogP contribution in [-0.4, -0.2) is 17.1 Å². The van der Waals surface area contributed by atoms with Crippen molar-refractivity contribution in [2.24, 2.45) is 0 Å². The van der Waals surface area contributed by atoms with E-state index in [-0.39, 0.29) is 17.1 Å². The number of anilines is 2. The fourth-order valence-electron chi connectivity index (χ4n) is 4.22. The molecule has 0 aliphatic carbocycles. The van der Waals surface area contributed by atoms with Crippen LogP contribution < -0.4 is 10.6 Å². The summed E-state index contributed by atoms with van der Waals surface area (Å²) in [5, 5.41) is 10.1. The molecule has 0 saturated carbocycles. The molecule has 5 rings (SSSR count). The largest absolute Gasteiger partial charge is 0.325 e. The molecule has 5 heteroatoms. The second kappa shape index (κ2) is 10.7. The lowest BCUT2D eigenvalue weighted by Gasteiger charge is -2.16. The minimum absolute atomic E-state index is 0.0375. The highest BCUT2D eigenvalue weighted by Crippen LogP contribution is 2.30. The molecule has 0 spiro atoms. The Labute approximate surface area is 214 Å². The van der Waals surface area contributed by atoms with Gasteiger partial charge in [0.05, 0.1) is 5.25 Å². The second-order valence-electron chi connectivity index (χ2n) is 8.57. The van der Waals surface area contributed by atoms with Crippen molar-refractivity contribution in [2.45, 2.75) is 23.5 Å². The summed E-state index contributed by atoms with van der Waals surface area (Å²) in [6, 6.07) is 35.2. The van der Waals surface area contributed by atoms with Gasteiger partial charge in [0.25, 0.3) is 5.91 Å². The highest BCUT2D eigenvalue weighted by atomic mass is 32.2. The number of rotatable bonds is 7. The summed E-state index contributed by atoms with van der Waals surface area (Å²) >= 11 is 1.50. The van der Waals surface area contributed by atoms with Crippen molar-refractivity contribution in [2.75, 3.05) is 10.6 Å². The van der Waals surface area contributed by atoms with Gasteiger partial charge in [0.15, 0.2) is 0 Å². The van der Waals surface area contributed by atoms with E-state index in [1.807, 2.05) is 116 Å². The monoisotopic (exact) mass is 490 g/mol. The molecular formula is C31H26N2O2S. The lowest BCUT2D eigenvalue weighted by Crippen LogP contribution is -2.24. The van der Waals surface area contributed by atoms with Gasteiger partial charge in [-0.05, 0) is 59.0 Å². The van der Waals surface area contributed by atoms with Crippen molar-refractivity contribution in [3.63, 3.8) is 0 Å². The van der Waals surface area contributed by atoms with E-state index in [4.69, 9.17) is 0 Å². The molecule has 0 aliphatic heterocycles. The zero-order valence-corrected chi connectivity index (χ0v) is 20.7. The third kappa shape index (κ3) is 5.26. The number of fused-ring (bicyclic) bond motifs is 2. The standard InChI is InChI=1S/C31H26N2O2S/c1-2-29(31(35)33-28-16-7-12-22-10-5-6-15-27(22)28)36-26-14-8-13-25(20-26)32-30(34)24-18-17-21-9-3-4-11-23(21)19-24/h3-20,29H,2H2,1H3,(H,32,34)(H,33,35). The van der Waals surface area contributed by atoms with E-state index in [2.05, 4.69) is 10.6 Å². The maximum atomic E-state index is 13.1. The van der Waals surface area contributed by atoms with Crippen LogP contribution in [0.1, 0.15) is 23.7 Å². The molecule has 0 radical (unpaired) electrons. The zero-order valence-electron chi connectivity index (χ0n) is 19.9. The van der Waals surface area contributed by atoms with E-state index in [9.17, 15) is 9.59 Å². The number of benzene rings is 5. The van der Waals surface area contributed by atoms with Crippen LogP contribution in [0.15, 0.2) is 114 Å². The molecule has 0 saturated heterocycles. The van der Waals surface area contributed by atoms with Crippen LogP contribution in [0, 0.1) is 0 Å². The van der Waals surface area contributed by atoms with E-state index in [0.29, 0.717) is 17.7 Å². The van der Waals surface area contributed by atoms with E-state index in [0.717, 1.165) is 32.1 Å². The molecular weight excluding hydrogens is 464 g/mol. The Hall–Kier alpha value is -4.09. The normalized spacial score (nSPS) is 11.8. The summed E-state index contributed by atoms with van der Waals surface area (Å²) < 4.78 is 0. The van der Waals surface area contributed by atoms with E-state index in [1.165, 1.54) is 11.8 Å². The highest BCUT2D eigenvalue weighted by molar-refractivity contribution is 8.00. The van der Waals surface area contributed by atoms with Gasteiger partial charge >= 0.3 is 0 Å². The van der Waals surface area contributed by atoms with Gasteiger partial charge in [-0.25, -0.2) is 0 Å². The summed E-state index contributed by atoms with van der Waals surface area (Å²) in [5.74, 6) is -0.201. The van der Waals surface area contributed by atoms with Crippen molar-refractivity contribution < 1.29 is 9.59 Å². The van der Waals surface area contributed by atoms with Crippen molar-refractivity contribution in [3.05, 3.63) is 115 Å². The molecule has 1 unspecified atom stereocenters. The summed E-state index contributed by atoms with van der Waals surface area (Å²) in [6.45, 7) is 2.01. The molecule has 1 atom stereocenters. The van der Waals surface area contributed by atoms with Gasteiger partial charge in [-0.2, -0.15) is 0 Å². The van der Waals surface area contributed by atoms with Crippen molar-refractivity contribution in [1.82, 2.24) is 0 Å². The molecule has 0 aromatic heterocycles. The Morgan fingerprint density at radius 2 is 1.44 bits per heavy atom. The number of carbonyl (C=O) groups is 2.